The van der Waals surface area contributed by atoms with Gasteiger partial charge in [0.15, 0.2) is 0 Å². The lowest BCUT2D eigenvalue weighted by Crippen LogP contribution is -2.60. The van der Waals surface area contributed by atoms with E-state index in [2.05, 4.69) is 26.9 Å². The second-order valence-electron chi connectivity index (χ2n) is 14.4. The van der Waals surface area contributed by atoms with Crippen molar-refractivity contribution in [3.8, 4) is 5.88 Å². The zero-order valence-corrected chi connectivity index (χ0v) is 28.8. The van der Waals surface area contributed by atoms with Gasteiger partial charge in [-0.3, -0.25) is 19.1 Å². The van der Waals surface area contributed by atoms with Gasteiger partial charge < -0.3 is 25.0 Å². The molecule has 13 nitrogen and oxygen atoms in total. The van der Waals surface area contributed by atoms with Crippen molar-refractivity contribution in [2.24, 2.45) is 11.3 Å². The molecule has 262 valence electrons. The van der Waals surface area contributed by atoms with Crippen LogP contribution in [0.2, 0.25) is 0 Å². The summed E-state index contributed by atoms with van der Waals surface area (Å²) in [7, 11) is -3.88. The molecule has 3 fully saturated rings. The zero-order valence-electron chi connectivity index (χ0n) is 27.9. The Morgan fingerprint density at radius 2 is 1.96 bits per heavy atom. The Labute approximate surface area is 285 Å². The highest BCUT2D eigenvalue weighted by Gasteiger charge is 2.62. The topological polar surface area (TPSA) is 173 Å². The van der Waals surface area contributed by atoms with Crippen molar-refractivity contribution in [1.82, 2.24) is 25.2 Å². The minimum atomic E-state index is -3.88. The van der Waals surface area contributed by atoms with Gasteiger partial charge in [0.25, 0.3) is 5.91 Å². The van der Waals surface area contributed by atoms with E-state index in [1.165, 1.54) is 11.0 Å². The summed E-state index contributed by atoms with van der Waals surface area (Å²) >= 11 is 0. The Kier molecular flexibility index (Phi) is 9.20. The Morgan fingerprint density at radius 3 is 2.65 bits per heavy atom. The number of hydrogen-bond acceptors (Lipinski definition) is 9. The van der Waals surface area contributed by atoms with Crippen molar-refractivity contribution in [2.75, 3.05) is 13.2 Å². The fourth-order valence-corrected chi connectivity index (χ4v) is 7.83. The van der Waals surface area contributed by atoms with E-state index in [1.54, 1.807) is 27.0 Å². The lowest BCUT2D eigenvalue weighted by atomic mass is 9.85. The first kappa shape index (κ1) is 34.4. The van der Waals surface area contributed by atoms with Crippen LogP contribution in [-0.4, -0.2) is 84.2 Å². The van der Waals surface area contributed by atoms with Gasteiger partial charge in [0.1, 0.15) is 23.7 Å². The quantitative estimate of drug-likeness (QED) is 0.384. The summed E-state index contributed by atoms with van der Waals surface area (Å²) in [6.07, 6.45) is 8.03. The largest absolute Gasteiger partial charge is 0.472 e. The number of amides is 4. The molecule has 1 aromatic heterocycles. The second kappa shape index (κ2) is 13.1. The molecule has 1 saturated heterocycles. The number of aromatic nitrogens is 1. The van der Waals surface area contributed by atoms with Crippen molar-refractivity contribution < 1.29 is 37.1 Å². The fraction of sp³-hybridized carbons (Fsp3) is 0.514. The summed E-state index contributed by atoms with van der Waals surface area (Å²) < 4.78 is 39.3. The van der Waals surface area contributed by atoms with Gasteiger partial charge in [-0.05, 0) is 60.6 Å². The average molecular weight is 694 g/mol. The molecule has 0 spiro atoms. The maximum atomic E-state index is 14.4. The van der Waals surface area contributed by atoms with Crippen LogP contribution < -0.4 is 20.1 Å². The number of allylic oxidation sites excluding steroid dienone is 1. The highest BCUT2D eigenvalue weighted by Crippen LogP contribution is 2.45. The number of cyclic esters (lactones) is 1. The van der Waals surface area contributed by atoms with Gasteiger partial charge in [0, 0.05) is 23.9 Å². The molecule has 1 aromatic carbocycles. The highest BCUT2D eigenvalue weighted by atomic mass is 32.2. The van der Waals surface area contributed by atoms with E-state index in [-0.39, 0.29) is 26.0 Å². The maximum Gasteiger partial charge on any atom is 0.407 e. The average Bonchev–Trinajstić information content (AvgIpc) is 3.97. The number of sulfonamides is 1. The van der Waals surface area contributed by atoms with Gasteiger partial charge in [-0.15, -0.1) is 6.58 Å². The minimum Gasteiger partial charge on any atom is -0.472 e. The number of ether oxygens (including phenoxy) is 2. The number of fused-ring (bicyclic) bond motifs is 3. The fourth-order valence-electron chi connectivity index (χ4n) is 6.47. The number of alkyl carbamates (subject to hydrolysis) is 1. The maximum absolute atomic E-state index is 14.4. The number of rotatable bonds is 6. The molecule has 3 heterocycles. The molecule has 6 rings (SSSR count). The predicted molar refractivity (Wildman–Crippen MR) is 182 cm³/mol. The molecule has 2 saturated carbocycles. The van der Waals surface area contributed by atoms with Crippen molar-refractivity contribution in [3.05, 3.63) is 54.8 Å². The van der Waals surface area contributed by atoms with Crippen LogP contribution in [0.1, 0.15) is 64.9 Å². The number of benzene rings is 1. The number of pyridine rings is 1. The third-order valence-corrected chi connectivity index (χ3v) is 11.4. The third kappa shape index (κ3) is 7.29. The lowest BCUT2D eigenvalue weighted by molar-refractivity contribution is -0.142. The highest BCUT2D eigenvalue weighted by molar-refractivity contribution is 7.91. The molecule has 4 aliphatic rings. The molecule has 0 unspecified atom stereocenters. The molecule has 5 atom stereocenters. The Morgan fingerprint density at radius 1 is 1.18 bits per heavy atom. The molecule has 2 aliphatic heterocycles. The molecule has 3 N–H and O–H groups in total. The summed E-state index contributed by atoms with van der Waals surface area (Å²) in [5.41, 5.74) is -1.39. The molecule has 4 amide bonds. The van der Waals surface area contributed by atoms with E-state index in [0.717, 1.165) is 16.3 Å². The van der Waals surface area contributed by atoms with Crippen molar-refractivity contribution in [2.45, 2.75) is 88.3 Å². The first-order valence-electron chi connectivity index (χ1n) is 16.7. The van der Waals surface area contributed by atoms with Crippen LogP contribution in [0.3, 0.4) is 0 Å². The van der Waals surface area contributed by atoms with Gasteiger partial charge in [-0.1, -0.05) is 51.1 Å². The van der Waals surface area contributed by atoms with E-state index < -0.39 is 74.1 Å². The van der Waals surface area contributed by atoms with Gasteiger partial charge in [0.05, 0.1) is 18.4 Å². The Balaban J connectivity index is 1.33. The monoisotopic (exact) mass is 693 g/mol. The van der Waals surface area contributed by atoms with Crippen LogP contribution in [0.15, 0.2) is 49.2 Å². The van der Waals surface area contributed by atoms with Crippen LogP contribution in [0, 0.1) is 11.3 Å². The van der Waals surface area contributed by atoms with Crippen LogP contribution in [0.25, 0.3) is 16.8 Å². The first-order valence-corrected chi connectivity index (χ1v) is 18.2. The summed E-state index contributed by atoms with van der Waals surface area (Å²) in [6.45, 7) is 9.27. The molecule has 0 radical (unpaired) electrons. The van der Waals surface area contributed by atoms with Crippen LogP contribution in [-0.2, 0) is 29.1 Å². The Hall–Kier alpha value is -4.46. The Bertz CT molecular complexity index is 1820. The smallest absolute Gasteiger partial charge is 0.407 e. The molecule has 2 aromatic rings. The zero-order chi connectivity index (χ0) is 35.1. The number of nitrogens with zero attached hydrogens (tertiary/aromatic N) is 2. The number of hydrogen-bond donors (Lipinski definition) is 3. The molecule has 2 aliphatic carbocycles. The summed E-state index contributed by atoms with van der Waals surface area (Å²) in [5, 5.41) is 6.53. The normalized spacial score (nSPS) is 28.3. The van der Waals surface area contributed by atoms with Gasteiger partial charge in [-0.25, -0.2) is 18.2 Å². The predicted octanol–water partition coefficient (Wildman–Crippen LogP) is 3.20. The lowest BCUT2D eigenvalue weighted by Gasteiger charge is -2.35. The van der Waals surface area contributed by atoms with E-state index >= 15 is 0 Å². The minimum absolute atomic E-state index is 0.0158. The molecular weight excluding hydrogens is 650 g/mol. The number of carbonyl (C=O) groups excluding carboxylic acids is 4. The van der Waals surface area contributed by atoms with Crippen LogP contribution >= 0.6 is 0 Å². The molecule has 14 heteroatoms. The SMILES string of the molecule is C=C[C@@H]1C[C@]1(NC(=O)[C@@H]1C[C@@H]2CN1C(=O)[C@H](C(C)(C)C)NC(=O)OCCC/C=C/c1ccc3ccnc(c3c1)O2)C(=O)NS(=O)(=O)C1CC1. The van der Waals surface area contributed by atoms with Crippen LogP contribution in [0.4, 0.5) is 4.79 Å². The van der Waals surface area contributed by atoms with E-state index in [4.69, 9.17) is 9.47 Å². The van der Waals surface area contributed by atoms with Gasteiger partial charge in [0.2, 0.25) is 27.7 Å². The van der Waals surface area contributed by atoms with E-state index in [0.29, 0.717) is 31.6 Å². The van der Waals surface area contributed by atoms with E-state index in [9.17, 15) is 27.6 Å². The van der Waals surface area contributed by atoms with Gasteiger partial charge in [-0.2, -0.15) is 0 Å². The van der Waals surface area contributed by atoms with E-state index in [1.807, 2.05) is 36.4 Å². The molecule has 4 bridgehead atoms. The number of nitrogens with one attached hydrogen (secondary N) is 3. The van der Waals surface area contributed by atoms with Crippen molar-refractivity contribution >= 4 is 50.7 Å². The number of carbonyl (C=O) groups is 4. The van der Waals surface area contributed by atoms with Crippen molar-refractivity contribution in [1.29, 1.82) is 0 Å². The standard InChI is InChI=1S/C35H43N5O8S/c1-5-23-19-35(23,32(43)39-49(45,46)25-12-13-25)38-29(41)27-18-24-20-40(27)31(42)28(34(2,3)4)37-33(44)47-16-8-6-7-9-21-10-11-22-14-15-36-30(48-24)26(22)17-21/h5,7,9-11,14-15,17,23-25,27-28H,1,6,8,12-13,16,18-20H2,2-4H3,(H,37,44)(H,38,41)(H,39,43)/b9-7+/t23-,24-,27+,28-,35-/m1/s1. The summed E-state index contributed by atoms with van der Waals surface area (Å²) in [5.74, 6) is -2.18. The molecule has 49 heavy (non-hydrogen) atoms. The second-order valence-corrected chi connectivity index (χ2v) is 16.3. The third-order valence-electron chi connectivity index (χ3n) is 9.56. The molecular formula is C35H43N5O8S. The summed E-state index contributed by atoms with van der Waals surface area (Å²) in [4.78, 5) is 60.7. The summed E-state index contributed by atoms with van der Waals surface area (Å²) in [6, 6.07) is 5.57. The first-order chi connectivity index (χ1) is 23.2. The van der Waals surface area contributed by atoms with Gasteiger partial charge >= 0.3 is 6.09 Å². The van der Waals surface area contributed by atoms with Crippen LogP contribution in [0.5, 0.6) is 5.88 Å². The van der Waals surface area contributed by atoms with Crippen molar-refractivity contribution in [3.63, 3.8) is 0 Å².